The number of amides is 1. The molecule has 0 aliphatic heterocycles. The minimum absolute atomic E-state index is 0.283. The zero-order valence-corrected chi connectivity index (χ0v) is 7.28. The topological polar surface area (TPSA) is 86.2 Å². The summed E-state index contributed by atoms with van der Waals surface area (Å²) in [5.41, 5.74) is 3.95. The Morgan fingerprint density at radius 2 is 2.14 bits per heavy atom. The summed E-state index contributed by atoms with van der Waals surface area (Å²) in [6, 6.07) is 2.20. The largest absolute Gasteiger partial charge is 0.365 e. The van der Waals surface area contributed by atoms with E-state index in [4.69, 9.17) is 5.73 Å². The van der Waals surface area contributed by atoms with Gasteiger partial charge in [-0.3, -0.25) is 14.9 Å². The van der Waals surface area contributed by atoms with Crippen LogP contribution in [-0.2, 0) is 0 Å². The molecule has 0 atom stereocenters. The standard InChI is InChI=1S/C8H7FN2O3/c1-4-2-3-5(9)7(11(13)14)6(4)8(10)12/h2-3H,1H3,(H2,10,12). The Kier molecular flexibility index (Phi) is 2.46. The first-order valence-electron chi connectivity index (χ1n) is 3.68. The lowest BCUT2D eigenvalue weighted by Crippen LogP contribution is -2.16. The highest BCUT2D eigenvalue weighted by Crippen LogP contribution is 2.24. The summed E-state index contributed by atoms with van der Waals surface area (Å²) in [5, 5.41) is 10.5. The average Bonchev–Trinajstić information content (AvgIpc) is 2.07. The second-order valence-electron chi connectivity index (χ2n) is 2.71. The van der Waals surface area contributed by atoms with Crippen molar-refractivity contribution in [2.75, 3.05) is 0 Å². The highest BCUT2D eigenvalue weighted by Gasteiger charge is 2.25. The van der Waals surface area contributed by atoms with E-state index >= 15 is 0 Å². The van der Waals surface area contributed by atoms with Crippen LogP contribution in [0, 0.1) is 22.9 Å². The predicted molar refractivity (Wildman–Crippen MR) is 46.3 cm³/mol. The molecule has 1 amide bonds. The number of benzene rings is 1. The Labute approximate surface area is 78.5 Å². The molecule has 0 saturated carbocycles. The maximum Gasteiger partial charge on any atom is 0.317 e. The number of carbonyl (C=O) groups excluding carboxylic acids is 1. The van der Waals surface area contributed by atoms with Crippen molar-refractivity contribution < 1.29 is 14.1 Å². The number of primary amides is 1. The Morgan fingerprint density at radius 3 is 2.50 bits per heavy atom. The van der Waals surface area contributed by atoms with Crippen molar-refractivity contribution in [1.82, 2.24) is 0 Å². The Bertz CT molecular complexity index is 378. The van der Waals surface area contributed by atoms with Gasteiger partial charge in [0.15, 0.2) is 0 Å². The van der Waals surface area contributed by atoms with Gasteiger partial charge in [-0.15, -0.1) is 0 Å². The van der Waals surface area contributed by atoms with E-state index in [0.717, 1.165) is 6.07 Å². The first kappa shape index (κ1) is 10.1. The second kappa shape index (κ2) is 3.41. The third-order valence-electron chi connectivity index (χ3n) is 1.77. The first-order chi connectivity index (χ1) is 6.45. The van der Waals surface area contributed by atoms with Crippen LogP contribution in [0.2, 0.25) is 0 Å². The number of nitrogens with two attached hydrogens (primary N) is 1. The number of rotatable bonds is 2. The van der Waals surface area contributed by atoms with Crippen molar-refractivity contribution in [1.29, 1.82) is 0 Å². The van der Waals surface area contributed by atoms with Crippen LogP contribution in [0.3, 0.4) is 0 Å². The van der Waals surface area contributed by atoms with E-state index in [-0.39, 0.29) is 11.1 Å². The number of nitro benzene ring substituents is 1. The summed E-state index contributed by atoms with van der Waals surface area (Å²) >= 11 is 0. The van der Waals surface area contributed by atoms with Gasteiger partial charge in [0.2, 0.25) is 5.82 Å². The van der Waals surface area contributed by atoms with E-state index in [2.05, 4.69) is 0 Å². The van der Waals surface area contributed by atoms with Crippen molar-refractivity contribution >= 4 is 11.6 Å². The van der Waals surface area contributed by atoms with E-state index in [0.29, 0.717) is 0 Å². The maximum atomic E-state index is 13.0. The lowest BCUT2D eigenvalue weighted by atomic mass is 10.1. The molecule has 1 rings (SSSR count). The van der Waals surface area contributed by atoms with Gasteiger partial charge in [0.1, 0.15) is 5.56 Å². The minimum Gasteiger partial charge on any atom is -0.365 e. The van der Waals surface area contributed by atoms with Gasteiger partial charge in [-0.25, -0.2) is 0 Å². The van der Waals surface area contributed by atoms with E-state index < -0.39 is 22.3 Å². The van der Waals surface area contributed by atoms with Crippen LogP contribution in [0.5, 0.6) is 0 Å². The molecule has 0 radical (unpaired) electrons. The number of hydrogen-bond donors (Lipinski definition) is 1. The van der Waals surface area contributed by atoms with Crippen LogP contribution < -0.4 is 5.73 Å². The van der Waals surface area contributed by atoms with E-state index in [9.17, 15) is 19.3 Å². The molecule has 0 bridgehead atoms. The number of halogens is 1. The molecule has 0 heterocycles. The Hall–Kier alpha value is -1.98. The van der Waals surface area contributed by atoms with Crippen molar-refractivity contribution in [3.05, 3.63) is 39.2 Å². The molecule has 0 aliphatic rings. The molecule has 0 saturated heterocycles. The van der Waals surface area contributed by atoms with Crippen molar-refractivity contribution in [3.8, 4) is 0 Å². The fraction of sp³-hybridized carbons (Fsp3) is 0.125. The second-order valence-corrected chi connectivity index (χ2v) is 2.71. The molecular formula is C8H7FN2O3. The first-order valence-corrected chi connectivity index (χ1v) is 3.68. The van der Waals surface area contributed by atoms with Gasteiger partial charge in [-0.05, 0) is 18.6 Å². The van der Waals surface area contributed by atoms with Gasteiger partial charge in [0.25, 0.3) is 5.91 Å². The quantitative estimate of drug-likeness (QED) is 0.571. The van der Waals surface area contributed by atoms with Crippen LogP contribution in [0.1, 0.15) is 15.9 Å². The fourth-order valence-corrected chi connectivity index (χ4v) is 1.16. The van der Waals surface area contributed by atoms with Crippen LogP contribution in [0.25, 0.3) is 0 Å². The van der Waals surface area contributed by atoms with E-state index in [1.54, 1.807) is 0 Å². The Morgan fingerprint density at radius 1 is 1.57 bits per heavy atom. The monoisotopic (exact) mass is 198 g/mol. The van der Waals surface area contributed by atoms with Gasteiger partial charge in [0.05, 0.1) is 4.92 Å². The lowest BCUT2D eigenvalue weighted by Gasteiger charge is -2.02. The number of nitrogens with zero attached hydrogens (tertiary/aromatic N) is 1. The number of carbonyl (C=O) groups is 1. The third-order valence-corrected chi connectivity index (χ3v) is 1.77. The summed E-state index contributed by atoms with van der Waals surface area (Å²) in [6.45, 7) is 1.45. The minimum atomic E-state index is -1.06. The highest BCUT2D eigenvalue weighted by atomic mass is 19.1. The molecular weight excluding hydrogens is 191 g/mol. The van der Waals surface area contributed by atoms with Crippen molar-refractivity contribution in [2.45, 2.75) is 6.92 Å². The molecule has 0 spiro atoms. The molecule has 5 nitrogen and oxygen atoms in total. The summed E-state index contributed by atoms with van der Waals surface area (Å²) in [5.74, 6) is -2.07. The van der Waals surface area contributed by atoms with Gasteiger partial charge in [0, 0.05) is 0 Å². The number of aryl methyl sites for hydroxylation is 1. The SMILES string of the molecule is Cc1ccc(F)c([N+](=O)[O-])c1C(N)=O. The van der Waals surface area contributed by atoms with E-state index in [1.165, 1.54) is 13.0 Å². The van der Waals surface area contributed by atoms with Gasteiger partial charge >= 0.3 is 5.69 Å². The molecule has 6 heteroatoms. The normalized spacial score (nSPS) is 9.86. The zero-order valence-electron chi connectivity index (χ0n) is 7.28. The molecule has 14 heavy (non-hydrogen) atoms. The van der Waals surface area contributed by atoms with Gasteiger partial charge in [-0.1, -0.05) is 6.07 Å². The molecule has 1 aromatic rings. The summed E-state index contributed by atoms with van der Waals surface area (Å²) in [6.07, 6.45) is 0. The maximum absolute atomic E-state index is 13.0. The van der Waals surface area contributed by atoms with Crippen LogP contribution >= 0.6 is 0 Å². The predicted octanol–water partition coefficient (Wildman–Crippen LogP) is 1.14. The molecule has 1 aromatic carbocycles. The fourth-order valence-electron chi connectivity index (χ4n) is 1.16. The number of hydrogen-bond acceptors (Lipinski definition) is 3. The van der Waals surface area contributed by atoms with Gasteiger partial charge in [-0.2, -0.15) is 4.39 Å². The third kappa shape index (κ3) is 1.54. The molecule has 0 aliphatic carbocycles. The average molecular weight is 198 g/mol. The lowest BCUT2D eigenvalue weighted by molar-refractivity contribution is -0.387. The van der Waals surface area contributed by atoms with Crippen molar-refractivity contribution in [2.24, 2.45) is 5.73 Å². The highest BCUT2D eigenvalue weighted by molar-refractivity contribution is 5.98. The molecule has 0 unspecified atom stereocenters. The molecule has 0 fully saturated rings. The van der Waals surface area contributed by atoms with Crippen LogP contribution in [0.4, 0.5) is 10.1 Å². The summed E-state index contributed by atoms with van der Waals surface area (Å²) in [7, 11) is 0. The molecule has 0 aromatic heterocycles. The Balaban J connectivity index is 3.58. The van der Waals surface area contributed by atoms with Crippen molar-refractivity contribution in [3.63, 3.8) is 0 Å². The molecule has 2 N–H and O–H groups in total. The number of nitro groups is 1. The summed E-state index contributed by atoms with van der Waals surface area (Å²) < 4.78 is 13.0. The smallest absolute Gasteiger partial charge is 0.317 e. The van der Waals surface area contributed by atoms with Gasteiger partial charge < -0.3 is 5.73 Å². The molecule has 74 valence electrons. The van der Waals surface area contributed by atoms with Crippen LogP contribution in [0.15, 0.2) is 12.1 Å². The van der Waals surface area contributed by atoms with Crippen LogP contribution in [-0.4, -0.2) is 10.8 Å². The van der Waals surface area contributed by atoms with E-state index in [1.807, 2.05) is 0 Å². The summed E-state index contributed by atoms with van der Waals surface area (Å²) in [4.78, 5) is 20.4. The zero-order chi connectivity index (χ0) is 10.9.